The van der Waals surface area contributed by atoms with E-state index in [1.54, 1.807) is 25.1 Å². The van der Waals surface area contributed by atoms with E-state index in [2.05, 4.69) is 10.3 Å². The molecule has 0 aliphatic rings. The van der Waals surface area contributed by atoms with Crippen LogP contribution in [0.25, 0.3) is 5.69 Å². The predicted molar refractivity (Wildman–Crippen MR) is 67.2 cm³/mol. The van der Waals surface area contributed by atoms with E-state index < -0.39 is 0 Å². The number of nitrogens with zero attached hydrogens (tertiary/aromatic N) is 3. The number of methoxy groups -OCH3 is 2. The van der Waals surface area contributed by atoms with Gasteiger partial charge in [0.1, 0.15) is 17.2 Å². The van der Waals surface area contributed by atoms with Gasteiger partial charge < -0.3 is 15.2 Å². The number of hydrogen-bond donors (Lipinski definition) is 1. The Morgan fingerprint density at radius 1 is 1.28 bits per heavy atom. The van der Waals surface area contributed by atoms with E-state index in [9.17, 15) is 0 Å². The van der Waals surface area contributed by atoms with Gasteiger partial charge in [0.05, 0.1) is 26.1 Å². The molecule has 0 fully saturated rings. The molecule has 2 aromatic rings. The highest BCUT2D eigenvalue weighted by atomic mass is 16.5. The number of benzene rings is 1. The second-order valence-electron chi connectivity index (χ2n) is 3.71. The third kappa shape index (κ3) is 2.28. The molecular weight excluding hydrogens is 232 g/mol. The van der Waals surface area contributed by atoms with E-state index in [0.29, 0.717) is 18.7 Å². The van der Waals surface area contributed by atoms with E-state index in [-0.39, 0.29) is 0 Å². The van der Waals surface area contributed by atoms with Crippen LogP contribution >= 0.6 is 0 Å². The number of ether oxygens (including phenoxy) is 2. The van der Waals surface area contributed by atoms with E-state index in [4.69, 9.17) is 15.2 Å². The average Bonchev–Trinajstić information content (AvgIpc) is 2.86. The summed E-state index contributed by atoms with van der Waals surface area (Å²) in [6, 6.07) is 5.53. The molecule has 0 saturated carbocycles. The maximum absolute atomic E-state index is 5.57. The summed E-state index contributed by atoms with van der Waals surface area (Å²) in [5.74, 6) is 1.44. The molecule has 0 unspecified atom stereocenters. The molecule has 0 amide bonds. The van der Waals surface area contributed by atoms with Crippen molar-refractivity contribution in [2.24, 2.45) is 5.73 Å². The fourth-order valence-electron chi connectivity index (χ4n) is 1.74. The van der Waals surface area contributed by atoms with Crippen molar-refractivity contribution < 1.29 is 9.47 Å². The van der Waals surface area contributed by atoms with Gasteiger partial charge in [-0.15, -0.1) is 5.10 Å². The van der Waals surface area contributed by atoms with Gasteiger partial charge in [-0.25, -0.2) is 4.68 Å². The Labute approximate surface area is 105 Å². The van der Waals surface area contributed by atoms with E-state index in [1.165, 1.54) is 0 Å². The lowest BCUT2D eigenvalue weighted by atomic mass is 10.2. The number of nitrogens with two attached hydrogens (primary N) is 1. The molecule has 0 aliphatic heterocycles. The predicted octanol–water partition coefficient (Wildman–Crippen LogP) is 0.786. The Bertz CT molecular complexity index is 525. The van der Waals surface area contributed by atoms with E-state index in [0.717, 1.165) is 17.1 Å². The van der Waals surface area contributed by atoms with Gasteiger partial charge in [-0.2, -0.15) is 0 Å². The normalized spacial score (nSPS) is 10.4. The van der Waals surface area contributed by atoms with Crippen molar-refractivity contribution in [2.75, 3.05) is 20.8 Å². The Balaban J connectivity index is 2.50. The fourth-order valence-corrected chi connectivity index (χ4v) is 1.74. The molecular formula is C12H16N4O2. The number of hydrogen-bond acceptors (Lipinski definition) is 5. The van der Waals surface area contributed by atoms with Crippen molar-refractivity contribution in [3.63, 3.8) is 0 Å². The highest BCUT2D eigenvalue weighted by Gasteiger charge is 2.12. The molecule has 0 aliphatic carbocycles. The third-order valence-electron chi connectivity index (χ3n) is 2.63. The Morgan fingerprint density at radius 2 is 2.11 bits per heavy atom. The molecule has 0 saturated heterocycles. The van der Waals surface area contributed by atoms with Crippen molar-refractivity contribution in [3.8, 4) is 17.2 Å². The maximum Gasteiger partial charge on any atom is 0.144 e. The van der Waals surface area contributed by atoms with Crippen LogP contribution in [0.4, 0.5) is 0 Å². The first kappa shape index (κ1) is 12.4. The van der Waals surface area contributed by atoms with E-state index in [1.807, 2.05) is 18.2 Å². The van der Waals surface area contributed by atoms with E-state index >= 15 is 0 Å². The first-order valence-corrected chi connectivity index (χ1v) is 5.62. The van der Waals surface area contributed by atoms with Crippen LogP contribution in [0, 0.1) is 0 Å². The second-order valence-corrected chi connectivity index (χ2v) is 3.71. The lowest BCUT2D eigenvalue weighted by Gasteiger charge is -2.11. The summed E-state index contributed by atoms with van der Waals surface area (Å²) in [5, 5.41) is 7.97. The molecule has 2 rings (SSSR count). The topological polar surface area (TPSA) is 75.2 Å². The fraction of sp³-hybridized carbons (Fsp3) is 0.333. The standard InChI is InChI=1S/C12H16N4O2/c1-17-10-3-4-12(18-2)11(7-10)16-9(5-6-13)8-14-15-16/h3-4,7-8H,5-6,13H2,1-2H3. The molecule has 2 N–H and O–H groups in total. The van der Waals surface area contributed by atoms with Crippen LogP contribution in [-0.2, 0) is 6.42 Å². The number of rotatable bonds is 5. The molecule has 18 heavy (non-hydrogen) atoms. The van der Waals surface area contributed by atoms with Crippen molar-refractivity contribution in [1.82, 2.24) is 15.0 Å². The Hall–Kier alpha value is -2.08. The molecule has 1 heterocycles. The summed E-state index contributed by atoms with van der Waals surface area (Å²) in [7, 11) is 3.23. The van der Waals surface area contributed by atoms with Gasteiger partial charge in [-0.05, 0) is 18.7 Å². The number of aromatic nitrogens is 3. The Morgan fingerprint density at radius 3 is 2.78 bits per heavy atom. The second kappa shape index (κ2) is 5.50. The van der Waals surface area contributed by atoms with Gasteiger partial charge >= 0.3 is 0 Å². The zero-order valence-electron chi connectivity index (χ0n) is 10.5. The first-order chi connectivity index (χ1) is 8.80. The van der Waals surface area contributed by atoms with Crippen LogP contribution < -0.4 is 15.2 Å². The van der Waals surface area contributed by atoms with Crippen molar-refractivity contribution >= 4 is 0 Å². The van der Waals surface area contributed by atoms with Crippen molar-refractivity contribution in [3.05, 3.63) is 30.1 Å². The summed E-state index contributed by atoms with van der Waals surface area (Å²) < 4.78 is 12.3. The summed E-state index contributed by atoms with van der Waals surface area (Å²) >= 11 is 0. The van der Waals surface area contributed by atoms with Crippen molar-refractivity contribution in [2.45, 2.75) is 6.42 Å². The van der Waals surface area contributed by atoms with Gasteiger partial charge in [0.2, 0.25) is 0 Å². The van der Waals surface area contributed by atoms with Gasteiger partial charge in [-0.1, -0.05) is 5.21 Å². The summed E-state index contributed by atoms with van der Waals surface area (Å²) in [4.78, 5) is 0. The van der Waals surface area contributed by atoms with Crippen LogP contribution in [0.3, 0.4) is 0 Å². The summed E-state index contributed by atoms with van der Waals surface area (Å²) in [6.07, 6.45) is 2.40. The van der Waals surface area contributed by atoms with Crippen LogP contribution in [0.1, 0.15) is 5.69 Å². The molecule has 96 valence electrons. The summed E-state index contributed by atoms with van der Waals surface area (Å²) in [5.41, 5.74) is 7.29. The highest BCUT2D eigenvalue weighted by Crippen LogP contribution is 2.27. The van der Waals surface area contributed by atoms with Crippen LogP contribution in [0.5, 0.6) is 11.5 Å². The quantitative estimate of drug-likeness (QED) is 0.846. The van der Waals surface area contributed by atoms with Crippen LogP contribution in [0.2, 0.25) is 0 Å². The largest absolute Gasteiger partial charge is 0.497 e. The maximum atomic E-state index is 5.57. The van der Waals surface area contributed by atoms with Crippen LogP contribution in [-0.4, -0.2) is 35.8 Å². The SMILES string of the molecule is COc1ccc(OC)c(-n2nncc2CCN)c1. The lowest BCUT2D eigenvalue weighted by Crippen LogP contribution is -2.09. The molecule has 6 nitrogen and oxygen atoms in total. The molecule has 0 atom stereocenters. The highest BCUT2D eigenvalue weighted by molar-refractivity contribution is 5.51. The van der Waals surface area contributed by atoms with Crippen LogP contribution in [0.15, 0.2) is 24.4 Å². The molecule has 1 aromatic heterocycles. The van der Waals surface area contributed by atoms with Crippen molar-refractivity contribution in [1.29, 1.82) is 0 Å². The first-order valence-electron chi connectivity index (χ1n) is 5.62. The van der Waals surface area contributed by atoms with Gasteiger partial charge in [-0.3, -0.25) is 0 Å². The zero-order valence-corrected chi connectivity index (χ0v) is 10.5. The smallest absolute Gasteiger partial charge is 0.144 e. The summed E-state index contributed by atoms with van der Waals surface area (Å²) in [6.45, 7) is 0.541. The lowest BCUT2D eigenvalue weighted by molar-refractivity contribution is 0.400. The minimum absolute atomic E-state index is 0.541. The Kier molecular flexibility index (Phi) is 3.78. The average molecular weight is 248 g/mol. The zero-order chi connectivity index (χ0) is 13.0. The molecule has 0 radical (unpaired) electrons. The molecule has 0 spiro atoms. The minimum Gasteiger partial charge on any atom is -0.497 e. The third-order valence-corrected chi connectivity index (χ3v) is 2.63. The molecule has 0 bridgehead atoms. The van der Waals surface area contributed by atoms with Gasteiger partial charge in [0, 0.05) is 12.5 Å². The molecule has 1 aromatic carbocycles. The monoisotopic (exact) mass is 248 g/mol. The molecule has 6 heteroatoms. The minimum atomic E-state index is 0.541. The van der Waals surface area contributed by atoms with Gasteiger partial charge in [0.25, 0.3) is 0 Å². The van der Waals surface area contributed by atoms with Gasteiger partial charge in [0.15, 0.2) is 0 Å².